The summed E-state index contributed by atoms with van der Waals surface area (Å²) in [5.41, 5.74) is 0.675. The number of alkyl halides is 2. The summed E-state index contributed by atoms with van der Waals surface area (Å²) in [6.07, 6.45) is 1.86. The molecule has 0 amide bonds. The van der Waals surface area contributed by atoms with Crippen molar-refractivity contribution in [3.05, 3.63) is 24.3 Å². The van der Waals surface area contributed by atoms with Crippen LogP contribution < -0.4 is 5.32 Å². The summed E-state index contributed by atoms with van der Waals surface area (Å²) < 4.78 is 52.4. The van der Waals surface area contributed by atoms with Crippen LogP contribution in [0.2, 0.25) is 0 Å². The van der Waals surface area contributed by atoms with E-state index in [2.05, 4.69) is 5.32 Å². The van der Waals surface area contributed by atoms with E-state index in [4.69, 9.17) is 4.74 Å². The van der Waals surface area contributed by atoms with Crippen molar-refractivity contribution in [3.63, 3.8) is 0 Å². The zero-order valence-corrected chi connectivity index (χ0v) is 12.3. The first-order valence-corrected chi connectivity index (χ1v) is 7.84. The van der Waals surface area contributed by atoms with E-state index in [9.17, 15) is 17.2 Å². The second-order valence-electron chi connectivity index (χ2n) is 4.42. The lowest BCUT2D eigenvalue weighted by atomic mass is 10.1. The van der Waals surface area contributed by atoms with Gasteiger partial charge in [0, 0.05) is 18.8 Å². The molecule has 0 saturated carbocycles. The lowest BCUT2D eigenvalue weighted by Crippen LogP contribution is -2.24. The Morgan fingerprint density at radius 2 is 1.85 bits per heavy atom. The van der Waals surface area contributed by atoms with E-state index in [0.29, 0.717) is 12.3 Å². The van der Waals surface area contributed by atoms with Crippen molar-refractivity contribution in [2.24, 2.45) is 0 Å². The Morgan fingerprint density at radius 1 is 1.25 bits per heavy atom. The first-order valence-electron chi connectivity index (χ1n) is 6.29. The Morgan fingerprint density at radius 3 is 2.30 bits per heavy atom. The molecule has 0 aliphatic carbocycles. The molecular weight excluding hydrogens is 288 g/mol. The van der Waals surface area contributed by atoms with E-state index in [0.717, 1.165) is 12.8 Å². The van der Waals surface area contributed by atoms with Gasteiger partial charge >= 0.3 is 5.76 Å². The third-order valence-electron chi connectivity index (χ3n) is 2.79. The summed E-state index contributed by atoms with van der Waals surface area (Å²) in [4.78, 5) is -0.378. The third kappa shape index (κ3) is 4.42. The fourth-order valence-corrected chi connectivity index (χ4v) is 2.55. The molecule has 7 heteroatoms. The molecule has 0 fully saturated rings. The minimum Gasteiger partial charge on any atom is -0.383 e. The van der Waals surface area contributed by atoms with Crippen molar-refractivity contribution >= 4 is 15.5 Å². The number of sulfone groups is 1. The van der Waals surface area contributed by atoms with Gasteiger partial charge in [-0.05, 0) is 30.7 Å². The molecule has 20 heavy (non-hydrogen) atoms. The van der Waals surface area contributed by atoms with Crippen LogP contribution in [0.5, 0.6) is 0 Å². The number of ether oxygens (including phenoxy) is 1. The summed E-state index contributed by atoms with van der Waals surface area (Å²) in [5, 5.41) is 3.18. The highest BCUT2D eigenvalue weighted by Gasteiger charge is 2.26. The molecule has 0 spiro atoms. The number of halogens is 2. The average Bonchev–Trinajstić information content (AvgIpc) is 2.39. The molecule has 1 unspecified atom stereocenters. The van der Waals surface area contributed by atoms with Gasteiger partial charge in [-0.25, -0.2) is 8.42 Å². The Bertz CT molecular complexity index is 497. The highest BCUT2D eigenvalue weighted by molar-refractivity contribution is 7.91. The van der Waals surface area contributed by atoms with Crippen LogP contribution >= 0.6 is 0 Å². The van der Waals surface area contributed by atoms with Gasteiger partial charge in [0.1, 0.15) is 0 Å². The average molecular weight is 307 g/mol. The molecule has 1 aromatic carbocycles. The molecular formula is C13H19F2NO3S. The maximum absolute atomic E-state index is 12.4. The van der Waals surface area contributed by atoms with Gasteiger partial charge < -0.3 is 10.1 Å². The van der Waals surface area contributed by atoms with Crippen molar-refractivity contribution in [1.82, 2.24) is 0 Å². The Kier molecular flexibility index (Phi) is 6.35. The molecule has 0 radical (unpaired) electrons. The highest BCUT2D eigenvalue weighted by atomic mass is 32.2. The van der Waals surface area contributed by atoms with E-state index in [1.807, 2.05) is 6.92 Å². The van der Waals surface area contributed by atoms with Crippen molar-refractivity contribution in [1.29, 1.82) is 0 Å². The fourth-order valence-electron chi connectivity index (χ4n) is 1.83. The van der Waals surface area contributed by atoms with Gasteiger partial charge in [0.25, 0.3) is 0 Å². The second-order valence-corrected chi connectivity index (χ2v) is 6.33. The van der Waals surface area contributed by atoms with Crippen molar-refractivity contribution in [2.45, 2.75) is 36.5 Å². The number of nitrogens with one attached hydrogen (secondary N) is 1. The lowest BCUT2D eigenvalue weighted by molar-refractivity contribution is 0.182. The van der Waals surface area contributed by atoms with E-state index in [1.165, 1.54) is 24.3 Å². The Hall–Kier alpha value is -1.21. The van der Waals surface area contributed by atoms with Crippen LogP contribution in [0.4, 0.5) is 14.5 Å². The zero-order chi connectivity index (χ0) is 15.2. The number of hydrogen-bond donors (Lipinski definition) is 1. The van der Waals surface area contributed by atoms with Crippen molar-refractivity contribution < 1.29 is 21.9 Å². The summed E-state index contributed by atoms with van der Waals surface area (Å²) in [7, 11) is -2.93. The summed E-state index contributed by atoms with van der Waals surface area (Å²) in [6, 6.07) is 5.42. The summed E-state index contributed by atoms with van der Waals surface area (Å²) >= 11 is 0. The van der Waals surface area contributed by atoms with E-state index >= 15 is 0 Å². The molecule has 1 rings (SSSR count). The fraction of sp³-hybridized carbons (Fsp3) is 0.538. The highest BCUT2D eigenvalue weighted by Crippen LogP contribution is 2.21. The van der Waals surface area contributed by atoms with Gasteiger partial charge in [0.2, 0.25) is 9.84 Å². The molecule has 0 heterocycles. The first-order chi connectivity index (χ1) is 9.41. The first kappa shape index (κ1) is 16.8. The molecule has 1 aromatic rings. The van der Waals surface area contributed by atoms with Crippen LogP contribution in [-0.4, -0.2) is 33.9 Å². The van der Waals surface area contributed by atoms with Crippen molar-refractivity contribution in [2.75, 3.05) is 19.0 Å². The zero-order valence-electron chi connectivity index (χ0n) is 11.5. The van der Waals surface area contributed by atoms with E-state index < -0.39 is 15.6 Å². The standard InChI is InChI=1S/C13H19F2NO3S/c1-3-4-11(9-19-2)16-10-5-7-12(8-6-10)20(17,18)13(14)15/h5-8,11,13,16H,3-4,9H2,1-2H3. The number of benzene rings is 1. The summed E-state index contributed by atoms with van der Waals surface area (Å²) in [5.74, 6) is -3.40. The second kappa shape index (κ2) is 7.54. The van der Waals surface area contributed by atoms with Gasteiger partial charge in [-0.3, -0.25) is 0 Å². The molecule has 0 aliphatic heterocycles. The van der Waals surface area contributed by atoms with Crippen LogP contribution in [0.15, 0.2) is 29.2 Å². The molecule has 1 atom stereocenters. The predicted octanol–water partition coefficient (Wildman–Crippen LogP) is 2.91. The van der Waals surface area contributed by atoms with Gasteiger partial charge in [-0.1, -0.05) is 13.3 Å². The van der Waals surface area contributed by atoms with Crippen molar-refractivity contribution in [3.8, 4) is 0 Å². The SMILES string of the molecule is CCCC(COC)Nc1ccc(S(=O)(=O)C(F)F)cc1. The molecule has 0 bridgehead atoms. The Labute approximate surface area is 118 Å². The largest absolute Gasteiger partial charge is 0.383 e. The molecule has 0 aromatic heterocycles. The molecule has 114 valence electrons. The molecule has 4 nitrogen and oxygen atoms in total. The lowest BCUT2D eigenvalue weighted by Gasteiger charge is -2.18. The molecule has 0 saturated heterocycles. The number of methoxy groups -OCH3 is 1. The number of rotatable bonds is 8. The number of anilines is 1. The summed E-state index contributed by atoms with van der Waals surface area (Å²) in [6.45, 7) is 2.56. The van der Waals surface area contributed by atoms with Crippen LogP contribution in [0.3, 0.4) is 0 Å². The smallest absolute Gasteiger partial charge is 0.341 e. The topological polar surface area (TPSA) is 55.4 Å². The minimum atomic E-state index is -4.53. The van der Waals surface area contributed by atoms with Crippen LogP contribution in [0.1, 0.15) is 19.8 Å². The van der Waals surface area contributed by atoms with Gasteiger partial charge in [-0.15, -0.1) is 0 Å². The van der Waals surface area contributed by atoms with E-state index in [-0.39, 0.29) is 10.9 Å². The van der Waals surface area contributed by atoms with Crippen LogP contribution in [0, 0.1) is 0 Å². The normalized spacial score (nSPS) is 13.4. The van der Waals surface area contributed by atoms with Gasteiger partial charge in [0.05, 0.1) is 11.5 Å². The van der Waals surface area contributed by atoms with Gasteiger partial charge in [-0.2, -0.15) is 8.78 Å². The maximum Gasteiger partial charge on any atom is 0.341 e. The Balaban J connectivity index is 2.81. The number of hydrogen-bond acceptors (Lipinski definition) is 4. The maximum atomic E-state index is 12.4. The quantitative estimate of drug-likeness (QED) is 0.802. The van der Waals surface area contributed by atoms with Crippen LogP contribution in [-0.2, 0) is 14.6 Å². The van der Waals surface area contributed by atoms with Crippen LogP contribution in [0.25, 0.3) is 0 Å². The molecule has 1 N–H and O–H groups in total. The third-order valence-corrected chi connectivity index (χ3v) is 4.19. The van der Waals surface area contributed by atoms with Gasteiger partial charge in [0.15, 0.2) is 0 Å². The van der Waals surface area contributed by atoms with E-state index in [1.54, 1.807) is 7.11 Å². The minimum absolute atomic E-state index is 0.0996. The monoisotopic (exact) mass is 307 g/mol. The molecule has 0 aliphatic rings. The predicted molar refractivity (Wildman–Crippen MR) is 73.8 cm³/mol.